The molecule has 1 saturated carbocycles. The number of ether oxygens (including phenoxy) is 1. The molecule has 1 aliphatic carbocycles. The molecule has 2 N–H and O–H groups in total. The van der Waals surface area contributed by atoms with Crippen LogP contribution in [-0.2, 0) is 9.53 Å². The molecule has 4 heteroatoms. The predicted molar refractivity (Wildman–Crippen MR) is 48.3 cm³/mol. The normalized spacial score (nSPS) is 22.5. The van der Waals surface area contributed by atoms with Gasteiger partial charge in [0.05, 0.1) is 19.3 Å². The molecule has 0 radical (unpaired) electrons. The smallest absolute Gasteiger partial charge is 0.223 e. The van der Waals surface area contributed by atoms with E-state index in [1.807, 2.05) is 0 Å². The van der Waals surface area contributed by atoms with Crippen molar-refractivity contribution in [3.63, 3.8) is 0 Å². The van der Waals surface area contributed by atoms with Crippen LogP contribution in [0.25, 0.3) is 0 Å². The van der Waals surface area contributed by atoms with Crippen molar-refractivity contribution in [1.29, 1.82) is 0 Å². The van der Waals surface area contributed by atoms with Gasteiger partial charge in [-0.25, -0.2) is 0 Å². The van der Waals surface area contributed by atoms with Crippen molar-refractivity contribution < 1.29 is 9.53 Å². The van der Waals surface area contributed by atoms with Crippen LogP contribution in [0.1, 0.15) is 12.8 Å². The third-order valence-electron chi connectivity index (χ3n) is 2.44. The third-order valence-corrected chi connectivity index (χ3v) is 2.44. The van der Waals surface area contributed by atoms with Crippen molar-refractivity contribution in [3.05, 3.63) is 0 Å². The summed E-state index contributed by atoms with van der Waals surface area (Å²) >= 11 is 0. The number of nitrogens with one attached hydrogen (secondary N) is 2. The number of rotatable bonds is 5. The molecule has 1 aliphatic heterocycles. The number of carbonyl (C=O) groups is 1. The Morgan fingerprint density at radius 3 is 2.62 bits per heavy atom. The number of hydrogen-bond donors (Lipinski definition) is 2. The van der Waals surface area contributed by atoms with Gasteiger partial charge in [-0.2, -0.15) is 0 Å². The minimum absolute atomic E-state index is 0.228. The molecule has 0 unspecified atom stereocenters. The molecule has 1 amide bonds. The highest BCUT2D eigenvalue weighted by atomic mass is 16.5. The highest BCUT2D eigenvalue weighted by molar-refractivity contribution is 5.80. The van der Waals surface area contributed by atoms with Crippen LogP contribution in [0, 0.1) is 5.92 Å². The second kappa shape index (κ2) is 4.07. The Hall–Kier alpha value is -0.610. The molecular weight excluding hydrogens is 168 g/mol. The quantitative estimate of drug-likeness (QED) is 0.566. The lowest BCUT2D eigenvalue weighted by atomic mass is 10.2. The Morgan fingerprint density at radius 2 is 2.08 bits per heavy atom. The molecule has 0 atom stereocenters. The second-order valence-corrected chi connectivity index (χ2v) is 3.75. The van der Waals surface area contributed by atoms with Gasteiger partial charge in [0.1, 0.15) is 0 Å². The van der Waals surface area contributed by atoms with E-state index >= 15 is 0 Å². The molecule has 0 spiro atoms. The molecule has 2 fully saturated rings. The van der Waals surface area contributed by atoms with Crippen LogP contribution in [0.3, 0.4) is 0 Å². The molecule has 0 aromatic carbocycles. The molecular formula is C9H16N2O2. The summed E-state index contributed by atoms with van der Waals surface area (Å²) in [6.07, 6.45) is 2.16. The Labute approximate surface area is 78.0 Å². The maximum absolute atomic E-state index is 11.2. The monoisotopic (exact) mass is 184 g/mol. The number of hydrogen-bond acceptors (Lipinski definition) is 3. The summed E-state index contributed by atoms with van der Waals surface area (Å²) in [5.74, 6) is 0.554. The highest BCUT2D eigenvalue weighted by Gasteiger charge is 2.29. The van der Waals surface area contributed by atoms with Gasteiger partial charge in [-0.05, 0) is 12.8 Å². The highest BCUT2D eigenvalue weighted by Crippen LogP contribution is 2.28. The van der Waals surface area contributed by atoms with E-state index in [2.05, 4.69) is 10.6 Å². The van der Waals surface area contributed by atoms with Gasteiger partial charge in [-0.1, -0.05) is 0 Å². The van der Waals surface area contributed by atoms with E-state index in [1.165, 1.54) is 0 Å². The van der Waals surface area contributed by atoms with Crippen LogP contribution >= 0.6 is 0 Å². The molecule has 74 valence electrons. The summed E-state index contributed by atoms with van der Waals surface area (Å²) in [5, 5.41) is 6.20. The molecule has 0 aromatic rings. The predicted octanol–water partition coefficient (Wildman–Crippen LogP) is -0.499. The second-order valence-electron chi connectivity index (χ2n) is 3.75. The summed E-state index contributed by atoms with van der Waals surface area (Å²) in [7, 11) is 0. The van der Waals surface area contributed by atoms with E-state index in [-0.39, 0.29) is 5.91 Å². The molecule has 2 rings (SSSR count). The van der Waals surface area contributed by atoms with Crippen LogP contribution in [0.15, 0.2) is 0 Å². The fourth-order valence-corrected chi connectivity index (χ4v) is 1.31. The zero-order valence-electron chi connectivity index (χ0n) is 7.71. The van der Waals surface area contributed by atoms with E-state index in [1.54, 1.807) is 0 Å². The zero-order valence-corrected chi connectivity index (χ0v) is 7.71. The molecule has 4 nitrogen and oxygen atoms in total. The first kappa shape index (κ1) is 8.97. The van der Waals surface area contributed by atoms with Gasteiger partial charge in [0.25, 0.3) is 0 Å². The van der Waals surface area contributed by atoms with E-state index in [0.717, 1.165) is 39.1 Å². The van der Waals surface area contributed by atoms with Crippen molar-refractivity contribution in [2.75, 3.05) is 26.3 Å². The van der Waals surface area contributed by atoms with Crippen LogP contribution < -0.4 is 10.6 Å². The zero-order chi connectivity index (χ0) is 9.10. The van der Waals surface area contributed by atoms with Gasteiger partial charge < -0.3 is 15.4 Å². The van der Waals surface area contributed by atoms with Crippen molar-refractivity contribution in [1.82, 2.24) is 10.6 Å². The lowest BCUT2D eigenvalue weighted by Crippen LogP contribution is -2.48. The van der Waals surface area contributed by atoms with Crippen LogP contribution in [-0.4, -0.2) is 38.3 Å². The average Bonchev–Trinajstić information content (AvgIpc) is 2.82. The van der Waals surface area contributed by atoms with Crippen molar-refractivity contribution >= 4 is 5.91 Å². The molecule has 1 saturated heterocycles. The van der Waals surface area contributed by atoms with Crippen molar-refractivity contribution in [2.24, 2.45) is 5.92 Å². The standard InChI is InChI=1S/C9H16N2O2/c12-9(7-1-2-7)11-4-3-10-8-5-13-6-8/h7-8,10H,1-6H2,(H,11,12). The maximum Gasteiger partial charge on any atom is 0.223 e. The fraction of sp³-hybridized carbons (Fsp3) is 0.889. The first-order chi connectivity index (χ1) is 6.36. The van der Waals surface area contributed by atoms with Gasteiger partial charge in [0, 0.05) is 19.0 Å². The van der Waals surface area contributed by atoms with E-state index in [0.29, 0.717) is 12.0 Å². The van der Waals surface area contributed by atoms with Gasteiger partial charge in [0.15, 0.2) is 0 Å². The lowest BCUT2D eigenvalue weighted by molar-refractivity contribution is -0.122. The van der Waals surface area contributed by atoms with Gasteiger partial charge in [0.2, 0.25) is 5.91 Å². The minimum atomic E-state index is 0.228. The van der Waals surface area contributed by atoms with Crippen LogP contribution in [0.4, 0.5) is 0 Å². The summed E-state index contributed by atoms with van der Waals surface area (Å²) in [6.45, 7) is 3.23. The molecule has 0 bridgehead atoms. The van der Waals surface area contributed by atoms with Gasteiger partial charge in [-0.15, -0.1) is 0 Å². The third kappa shape index (κ3) is 2.67. The SMILES string of the molecule is O=C(NCCNC1COC1)C1CC1. The summed E-state index contributed by atoms with van der Waals surface area (Å²) in [6, 6.07) is 0.512. The van der Waals surface area contributed by atoms with Crippen molar-refractivity contribution in [2.45, 2.75) is 18.9 Å². The maximum atomic E-state index is 11.2. The molecule has 0 aromatic heterocycles. The Kier molecular flexibility index (Phi) is 2.80. The first-order valence-corrected chi connectivity index (χ1v) is 4.95. The number of carbonyl (C=O) groups excluding carboxylic acids is 1. The average molecular weight is 184 g/mol. The molecule has 13 heavy (non-hydrogen) atoms. The van der Waals surface area contributed by atoms with E-state index < -0.39 is 0 Å². The first-order valence-electron chi connectivity index (χ1n) is 4.95. The largest absolute Gasteiger partial charge is 0.378 e. The van der Waals surface area contributed by atoms with Crippen LogP contribution in [0.5, 0.6) is 0 Å². The fourth-order valence-electron chi connectivity index (χ4n) is 1.31. The summed E-state index contributed by atoms with van der Waals surface area (Å²) < 4.78 is 5.01. The van der Waals surface area contributed by atoms with E-state index in [4.69, 9.17) is 4.74 Å². The Morgan fingerprint density at radius 1 is 1.31 bits per heavy atom. The van der Waals surface area contributed by atoms with Gasteiger partial charge >= 0.3 is 0 Å². The van der Waals surface area contributed by atoms with Crippen LogP contribution in [0.2, 0.25) is 0 Å². The number of amides is 1. The summed E-state index contributed by atoms with van der Waals surface area (Å²) in [5.41, 5.74) is 0. The van der Waals surface area contributed by atoms with Crippen molar-refractivity contribution in [3.8, 4) is 0 Å². The Balaban J connectivity index is 1.45. The topological polar surface area (TPSA) is 50.4 Å². The molecule has 1 heterocycles. The minimum Gasteiger partial charge on any atom is -0.378 e. The van der Waals surface area contributed by atoms with Gasteiger partial charge in [-0.3, -0.25) is 4.79 Å². The molecule has 2 aliphatic rings. The summed E-state index contributed by atoms with van der Waals surface area (Å²) in [4.78, 5) is 11.2. The van der Waals surface area contributed by atoms with E-state index in [9.17, 15) is 4.79 Å². The lowest BCUT2D eigenvalue weighted by Gasteiger charge is -2.26. The Bertz CT molecular complexity index is 188.